The molecule has 1 heterocycles. The second-order valence-corrected chi connectivity index (χ2v) is 6.85. The maximum Gasteiger partial charge on any atom is 0.416 e. The lowest BCUT2D eigenvalue weighted by Crippen LogP contribution is -2.40. The van der Waals surface area contributed by atoms with Crippen molar-refractivity contribution in [2.24, 2.45) is 0 Å². The first-order chi connectivity index (χ1) is 9.26. The van der Waals surface area contributed by atoms with Crippen LogP contribution in [0.1, 0.15) is 11.1 Å². The summed E-state index contributed by atoms with van der Waals surface area (Å²) in [5.74, 6) is 0.0834. The Hall–Kier alpha value is -1.12. The van der Waals surface area contributed by atoms with Gasteiger partial charge in [-0.1, -0.05) is 12.1 Å². The van der Waals surface area contributed by atoms with E-state index in [1.165, 1.54) is 17.2 Å². The van der Waals surface area contributed by atoms with Gasteiger partial charge in [-0.15, -0.1) is 0 Å². The van der Waals surface area contributed by atoms with Gasteiger partial charge in [0.25, 0.3) is 0 Å². The number of halogens is 3. The summed E-state index contributed by atoms with van der Waals surface area (Å²) in [7, 11) is -2.97. The lowest BCUT2D eigenvalue weighted by molar-refractivity contribution is -0.164. The van der Waals surface area contributed by atoms with Crippen LogP contribution in [-0.2, 0) is 27.5 Å². The van der Waals surface area contributed by atoms with E-state index < -0.39 is 21.6 Å². The number of nitrogens with zero attached hydrogens (tertiary/aromatic N) is 1. The Morgan fingerprint density at radius 3 is 2.15 bits per heavy atom. The molecule has 1 saturated heterocycles. The molecule has 0 bridgehead atoms. The summed E-state index contributed by atoms with van der Waals surface area (Å²) in [6, 6.07) is 4.70. The minimum absolute atomic E-state index is 0.0417. The quantitative estimate of drug-likeness (QED) is 0.855. The molecule has 0 radical (unpaired) electrons. The highest BCUT2D eigenvalue weighted by atomic mass is 32.2. The van der Waals surface area contributed by atoms with Gasteiger partial charge in [-0.2, -0.15) is 18.2 Å². The van der Waals surface area contributed by atoms with Gasteiger partial charge in [0, 0.05) is 13.1 Å². The Kier molecular flexibility index (Phi) is 4.36. The summed E-state index contributed by atoms with van der Waals surface area (Å²) in [6.45, 7) is 0.685. The van der Waals surface area contributed by atoms with Crippen LogP contribution >= 0.6 is 0 Å². The fourth-order valence-electron chi connectivity index (χ4n) is 1.78. The molecule has 0 amide bonds. The average Bonchev–Trinajstić information content (AvgIpc) is 2.37. The molecule has 0 saturated carbocycles. The SMILES string of the molecule is O=S1(=O)CCN(OCc2ccc(C(F)(F)F)cc2)CC1. The first-order valence-electron chi connectivity index (χ1n) is 6.01. The fourth-order valence-corrected chi connectivity index (χ4v) is 2.95. The lowest BCUT2D eigenvalue weighted by atomic mass is 10.1. The topological polar surface area (TPSA) is 46.6 Å². The van der Waals surface area contributed by atoms with Crippen LogP contribution in [0, 0.1) is 0 Å². The van der Waals surface area contributed by atoms with Crippen LogP contribution < -0.4 is 0 Å². The zero-order chi connectivity index (χ0) is 14.8. The molecule has 4 nitrogen and oxygen atoms in total. The summed E-state index contributed by atoms with van der Waals surface area (Å²) >= 11 is 0. The summed E-state index contributed by atoms with van der Waals surface area (Å²) in [6.07, 6.45) is -4.35. The molecule has 1 aliphatic heterocycles. The molecule has 2 rings (SSSR count). The molecule has 1 aromatic rings. The minimum Gasteiger partial charge on any atom is -0.294 e. The van der Waals surface area contributed by atoms with E-state index in [0.717, 1.165) is 12.1 Å². The van der Waals surface area contributed by atoms with Gasteiger partial charge < -0.3 is 0 Å². The predicted molar refractivity (Wildman–Crippen MR) is 66.5 cm³/mol. The van der Waals surface area contributed by atoms with Gasteiger partial charge in [-0.25, -0.2) is 8.42 Å². The van der Waals surface area contributed by atoms with E-state index >= 15 is 0 Å². The lowest BCUT2D eigenvalue weighted by Gasteiger charge is -2.25. The van der Waals surface area contributed by atoms with Crippen molar-refractivity contribution < 1.29 is 26.4 Å². The van der Waals surface area contributed by atoms with Crippen LogP contribution in [0.4, 0.5) is 13.2 Å². The third-order valence-electron chi connectivity index (χ3n) is 3.00. The van der Waals surface area contributed by atoms with Gasteiger partial charge in [-0.05, 0) is 17.7 Å². The van der Waals surface area contributed by atoms with Crippen LogP contribution in [0.2, 0.25) is 0 Å². The van der Waals surface area contributed by atoms with E-state index in [9.17, 15) is 21.6 Å². The molecule has 112 valence electrons. The Labute approximate surface area is 115 Å². The van der Waals surface area contributed by atoms with Crippen molar-refractivity contribution in [1.29, 1.82) is 0 Å². The van der Waals surface area contributed by atoms with Gasteiger partial charge in [-0.3, -0.25) is 4.84 Å². The number of hydrogen-bond acceptors (Lipinski definition) is 4. The average molecular weight is 309 g/mol. The van der Waals surface area contributed by atoms with Gasteiger partial charge in [0.15, 0.2) is 9.84 Å². The molecule has 20 heavy (non-hydrogen) atoms. The van der Waals surface area contributed by atoms with Crippen molar-refractivity contribution in [3.63, 3.8) is 0 Å². The Morgan fingerprint density at radius 2 is 1.65 bits per heavy atom. The zero-order valence-electron chi connectivity index (χ0n) is 10.6. The van der Waals surface area contributed by atoms with Crippen LogP contribution in [0.15, 0.2) is 24.3 Å². The molecule has 1 aromatic carbocycles. The number of hydrogen-bond donors (Lipinski definition) is 0. The maximum absolute atomic E-state index is 12.4. The second-order valence-electron chi connectivity index (χ2n) is 4.55. The highest BCUT2D eigenvalue weighted by Gasteiger charge is 2.30. The molecule has 0 unspecified atom stereocenters. The van der Waals surface area contributed by atoms with E-state index in [0.29, 0.717) is 5.56 Å². The third-order valence-corrected chi connectivity index (χ3v) is 4.61. The van der Waals surface area contributed by atoms with Crippen LogP contribution in [0.3, 0.4) is 0 Å². The Bertz CT molecular complexity index is 540. The Balaban J connectivity index is 1.86. The van der Waals surface area contributed by atoms with E-state index in [-0.39, 0.29) is 31.2 Å². The van der Waals surface area contributed by atoms with Crippen molar-refractivity contribution in [2.75, 3.05) is 24.6 Å². The third kappa shape index (κ3) is 4.19. The summed E-state index contributed by atoms with van der Waals surface area (Å²) in [5.41, 5.74) is -0.100. The van der Waals surface area contributed by atoms with Crippen molar-refractivity contribution in [3.05, 3.63) is 35.4 Å². The number of benzene rings is 1. The Morgan fingerprint density at radius 1 is 1.10 bits per heavy atom. The molecular weight excluding hydrogens is 295 g/mol. The molecule has 1 aliphatic rings. The van der Waals surface area contributed by atoms with E-state index in [1.54, 1.807) is 0 Å². The monoisotopic (exact) mass is 309 g/mol. The van der Waals surface area contributed by atoms with Crippen LogP contribution in [-0.4, -0.2) is 38.1 Å². The molecule has 0 aromatic heterocycles. The van der Waals surface area contributed by atoms with Crippen molar-refractivity contribution in [1.82, 2.24) is 5.06 Å². The smallest absolute Gasteiger partial charge is 0.294 e. The molecule has 0 aliphatic carbocycles. The van der Waals surface area contributed by atoms with Gasteiger partial charge >= 0.3 is 6.18 Å². The first kappa shape index (κ1) is 15.3. The number of sulfone groups is 1. The highest BCUT2D eigenvalue weighted by Crippen LogP contribution is 2.29. The maximum atomic E-state index is 12.4. The standard InChI is InChI=1S/C12H14F3NO3S/c13-12(14,15)11-3-1-10(2-4-11)9-19-16-5-7-20(17,18)8-6-16/h1-4H,5-9H2. The van der Waals surface area contributed by atoms with Crippen molar-refractivity contribution in [3.8, 4) is 0 Å². The van der Waals surface area contributed by atoms with Gasteiger partial charge in [0.2, 0.25) is 0 Å². The second kappa shape index (κ2) is 5.71. The molecule has 0 N–H and O–H groups in total. The molecule has 0 atom stereocenters. The molecule has 1 fully saturated rings. The summed E-state index contributed by atoms with van der Waals surface area (Å²) in [4.78, 5) is 5.38. The number of alkyl halides is 3. The highest BCUT2D eigenvalue weighted by molar-refractivity contribution is 7.91. The molecular formula is C12H14F3NO3S. The van der Waals surface area contributed by atoms with E-state index in [2.05, 4.69) is 0 Å². The number of hydroxylamine groups is 2. The molecule has 8 heteroatoms. The van der Waals surface area contributed by atoms with E-state index in [1.807, 2.05) is 0 Å². The minimum atomic E-state index is -4.35. The van der Waals surface area contributed by atoms with Crippen molar-refractivity contribution in [2.45, 2.75) is 12.8 Å². The van der Waals surface area contributed by atoms with Crippen LogP contribution in [0.5, 0.6) is 0 Å². The molecule has 0 spiro atoms. The predicted octanol–water partition coefficient (Wildman–Crippen LogP) is 1.87. The van der Waals surface area contributed by atoms with Crippen molar-refractivity contribution >= 4 is 9.84 Å². The first-order valence-corrected chi connectivity index (χ1v) is 7.83. The fraction of sp³-hybridized carbons (Fsp3) is 0.500. The van der Waals surface area contributed by atoms with E-state index in [4.69, 9.17) is 4.84 Å². The summed E-state index contributed by atoms with van der Waals surface area (Å²) in [5, 5.41) is 1.53. The van der Waals surface area contributed by atoms with Gasteiger partial charge in [0.05, 0.1) is 23.7 Å². The van der Waals surface area contributed by atoms with Crippen LogP contribution in [0.25, 0.3) is 0 Å². The number of rotatable bonds is 3. The summed E-state index contributed by atoms with van der Waals surface area (Å²) < 4.78 is 59.5. The zero-order valence-corrected chi connectivity index (χ0v) is 11.4. The van der Waals surface area contributed by atoms with Gasteiger partial charge in [0.1, 0.15) is 0 Å². The largest absolute Gasteiger partial charge is 0.416 e. The normalized spacial score (nSPS) is 19.9.